The standard InChI is InChI=1S/C18H20N4O3S2/c1-3-24-15-9-5-4-8-14(15)19-17-20-21-18(27-17)26-12-16(23)22(2)11-13-7-6-10-25-13/h4-10H,3,11-12H2,1-2H3,(H,19,20). The summed E-state index contributed by atoms with van der Waals surface area (Å²) in [5.41, 5.74) is 0.835. The maximum atomic E-state index is 12.2. The van der Waals surface area contributed by atoms with Gasteiger partial charge < -0.3 is 19.4 Å². The number of hydrogen-bond acceptors (Lipinski definition) is 8. The van der Waals surface area contributed by atoms with Gasteiger partial charge in [0.1, 0.15) is 11.5 Å². The molecule has 2 aromatic heterocycles. The minimum atomic E-state index is 0.00259. The molecule has 3 rings (SSSR count). The Hall–Kier alpha value is -2.52. The van der Waals surface area contributed by atoms with Gasteiger partial charge in [0.05, 0.1) is 30.9 Å². The molecule has 142 valence electrons. The number of thioether (sulfide) groups is 1. The van der Waals surface area contributed by atoms with E-state index in [4.69, 9.17) is 9.15 Å². The summed E-state index contributed by atoms with van der Waals surface area (Å²) in [7, 11) is 1.75. The number of benzene rings is 1. The predicted octanol–water partition coefficient (Wildman–Crippen LogP) is 4.02. The first-order valence-electron chi connectivity index (χ1n) is 8.37. The second kappa shape index (κ2) is 9.43. The Labute approximate surface area is 165 Å². The molecule has 1 N–H and O–H groups in total. The molecule has 0 aliphatic heterocycles. The topological polar surface area (TPSA) is 80.5 Å². The lowest BCUT2D eigenvalue weighted by Gasteiger charge is -2.14. The minimum Gasteiger partial charge on any atom is -0.492 e. The molecule has 0 radical (unpaired) electrons. The van der Waals surface area contributed by atoms with E-state index in [9.17, 15) is 4.79 Å². The van der Waals surface area contributed by atoms with Gasteiger partial charge in [0.15, 0.2) is 4.34 Å². The normalized spacial score (nSPS) is 10.6. The number of carbonyl (C=O) groups is 1. The number of nitrogens with zero attached hydrogens (tertiary/aromatic N) is 3. The molecule has 3 aromatic rings. The monoisotopic (exact) mass is 404 g/mol. The molecule has 0 bridgehead atoms. The first kappa shape index (κ1) is 19.2. The second-order valence-corrected chi connectivity index (χ2v) is 7.75. The molecular formula is C18H20N4O3S2. The van der Waals surface area contributed by atoms with Gasteiger partial charge in [-0.25, -0.2) is 0 Å². The lowest BCUT2D eigenvalue weighted by atomic mass is 10.3. The van der Waals surface area contributed by atoms with Crippen molar-refractivity contribution in [3.05, 3.63) is 48.4 Å². The van der Waals surface area contributed by atoms with Gasteiger partial charge in [0.2, 0.25) is 11.0 Å². The molecule has 9 heteroatoms. The van der Waals surface area contributed by atoms with Crippen LogP contribution < -0.4 is 10.1 Å². The molecule has 0 aliphatic carbocycles. The number of anilines is 2. The highest BCUT2D eigenvalue weighted by Gasteiger charge is 2.14. The summed E-state index contributed by atoms with van der Waals surface area (Å²) in [6.07, 6.45) is 1.60. The van der Waals surface area contributed by atoms with E-state index in [-0.39, 0.29) is 5.91 Å². The van der Waals surface area contributed by atoms with Crippen molar-refractivity contribution in [1.29, 1.82) is 0 Å². The van der Waals surface area contributed by atoms with E-state index in [0.717, 1.165) is 21.5 Å². The van der Waals surface area contributed by atoms with Crippen LogP contribution in [0.1, 0.15) is 12.7 Å². The molecule has 0 saturated heterocycles. The highest BCUT2D eigenvalue weighted by Crippen LogP contribution is 2.31. The number of amides is 1. The zero-order chi connectivity index (χ0) is 19.1. The maximum Gasteiger partial charge on any atom is 0.233 e. The first-order valence-corrected chi connectivity index (χ1v) is 10.2. The third kappa shape index (κ3) is 5.48. The van der Waals surface area contributed by atoms with E-state index in [0.29, 0.717) is 24.0 Å². The van der Waals surface area contributed by atoms with Crippen LogP contribution in [-0.4, -0.2) is 40.4 Å². The Morgan fingerprint density at radius 2 is 2.15 bits per heavy atom. The average Bonchev–Trinajstić information content (AvgIpc) is 3.33. The lowest BCUT2D eigenvalue weighted by molar-refractivity contribution is -0.127. The predicted molar refractivity (Wildman–Crippen MR) is 107 cm³/mol. The quantitative estimate of drug-likeness (QED) is 0.539. The number of hydrogen-bond donors (Lipinski definition) is 1. The van der Waals surface area contributed by atoms with Crippen molar-refractivity contribution >= 4 is 39.8 Å². The summed E-state index contributed by atoms with van der Waals surface area (Å²) in [6.45, 7) is 2.98. The van der Waals surface area contributed by atoms with Crippen LogP contribution in [0.25, 0.3) is 0 Å². The minimum absolute atomic E-state index is 0.00259. The summed E-state index contributed by atoms with van der Waals surface area (Å²) in [5.74, 6) is 1.81. The summed E-state index contributed by atoms with van der Waals surface area (Å²) in [6, 6.07) is 11.3. The third-order valence-corrected chi connectivity index (χ3v) is 5.51. The third-order valence-electron chi connectivity index (χ3n) is 3.55. The van der Waals surface area contributed by atoms with Crippen molar-refractivity contribution in [3.63, 3.8) is 0 Å². The number of carbonyl (C=O) groups excluding carboxylic acids is 1. The van der Waals surface area contributed by atoms with Gasteiger partial charge in [-0.1, -0.05) is 35.2 Å². The van der Waals surface area contributed by atoms with Gasteiger partial charge in [-0.05, 0) is 31.2 Å². The molecule has 7 nitrogen and oxygen atoms in total. The van der Waals surface area contributed by atoms with Crippen LogP contribution in [0.15, 0.2) is 51.4 Å². The first-order chi connectivity index (χ1) is 13.2. The Morgan fingerprint density at radius 1 is 1.30 bits per heavy atom. The molecule has 27 heavy (non-hydrogen) atoms. The highest BCUT2D eigenvalue weighted by molar-refractivity contribution is 8.01. The molecule has 0 saturated carbocycles. The molecule has 0 atom stereocenters. The molecule has 0 fully saturated rings. The van der Waals surface area contributed by atoms with Crippen LogP contribution in [0.3, 0.4) is 0 Å². The zero-order valence-electron chi connectivity index (χ0n) is 15.0. The number of nitrogens with one attached hydrogen (secondary N) is 1. The molecule has 0 spiro atoms. The molecule has 0 unspecified atom stereocenters. The van der Waals surface area contributed by atoms with E-state index < -0.39 is 0 Å². The van der Waals surface area contributed by atoms with Gasteiger partial charge in [-0.15, -0.1) is 10.2 Å². The SMILES string of the molecule is CCOc1ccccc1Nc1nnc(SCC(=O)N(C)Cc2ccco2)s1. The number of furan rings is 1. The lowest BCUT2D eigenvalue weighted by Crippen LogP contribution is -2.27. The van der Waals surface area contributed by atoms with E-state index in [1.54, 1.807) is 18.2 Å². The fourth-order valence-electron chi connectivity index (χ4n) is 2.24. The van der Waals surface area contributed by atoms with Crippen LogP contribution in [0.5, 0.6) is 5.75 Å². The van der Waals surface area contributed by atoms with E-state index >= 15 is 0 Å². The summed E-state index contributed by atoms with van der Waals surface area (Å²) >= 11 is 2.77. The molecular weight excluding hydrogens is 384 g/mol. The molecule has 0 aliphatic rings. The van der Waals surface area contributed by atoms with Crippen molar-refractivity contribution in [1.82, 2.24) is 15.1 Å². The van der Waals surface area contributed by atoms with Crippen LogP contribution >= 0.6 is 23.1 Å². The molecule has 1 amide bonds. The fraction of sp³-hybridized carbons (Fsp3) is 0.278. The van der Waals surface area contributed by atoms with Crippen molar-refractivity contribution < 1.29 is 13.9 Å². The number of para-hydroxylation sites is 2. The Bertz CT molecular complexity index is 867. The van der Waals surface area contributed by atoms with Gasteiger partial charge in [-0.3, -0.25) is 4.79 Å². The van der Waals surface area contributed by atoms with Crippen molar-refractivity contribution in [3.8, 4) is 5.75 Å². The summed E-state index contributed by atoms with van der Waals surface area (Å²) < 4.78 is 11.6. The second-order valence-electron chi connectivity index (χ2n) is 5.55. The van der Waals surface area contributed by atoms with Crippen LogP contribution in [0, 0.1) is 0 Å². The van der Waals surface area contributed by atoms with Gasteiger partial charge in [0.25, 0.3) is 0 Å². The fourth-order valence-corrected chi connectivity index (χ4v) is 3.95. The number of ether oxygens (including phenoxy) is 1. The zero-order valence-corrected chi connectivity index (χ0v) is 16.7. The van der Waals surface area contributed by atoms with Crippen LogP contribution in [-0.2, 0) is 11.3 Å². The van der Waals surface area contributed by atoms with Crippen molar-refractivity contribution in [2.24, 2.45) is 0 Å². The molecule has 2 heterocycles. The van der Waals surface area contributed by atoms with Gasteiger partial charge in [0, 0.05) is 7.05 Å². The Balaban J connectivity index is 1.53. The van der Waals surface area contributed by atoms with Crippen LogP contribution in [0.2, 0.25) is 0 Å². The van der Waals surface area contributed by atoms with Gasteiger partial charge in [-0.2, -0.15) is 0 Å². The smallest absolute Gasteiger partial charge is 0.233 e. The average molecular weight is 405 g/mol. The largest absolute Gasteiger partial charge is 0.492 e. The van der Waals surface area contributed by atoms with E-state index in [1.807, 2.05) is 43.3 Å². The van der Waals surface area contributed by atoms with Crippen molar-refractivity contribution in [2.45, 2.75) is 17.8 Å². The molecule has 1 aromatic carbocycles. The summed E-state index contributed by atoms with van der Waals surface area (Å²) in [4.78, 5) is 13.9. The van der Waals surface area contributed by atoms with E-state index in [1.165, 1.54) is 23.1 Å². The summed E-state index contributed by atoms with van der Waals surface area (Å²) in [5, 5.41) is 12.1. The van der Waals surface area contributed by atoms with Crippen molar-refractivity contribution in [2.75, 3.05) is 24.7 Å². The van der Waals surface area contributed by atoms with Crippen LogP contribution in [0.4, 0.5) is 10.8 Å². The number of aromatic nitrogens is 2. The Morgan fingerprint density at radius 3 is 2.93 bits per heavy atom. The maximum absolute atomic E-state index is 12.2. The number of rotatable bonds is 9. The van der Waals surface area contributed by atoms with Gasteiger partial charge >= 0.3 is 0 Å². The highest BCUT2D eigenvalue weighted by atomic mass is 32.2. The Kier molecular flexibility index (Phi) is 6.72. The van der Waals surface area contributed by atoms with E-state index in [2.05, 4.69) is 15.5 Å².